The zero-order valence-corrected chi connectivity index (χ0v) is 16.3. The number of nitrogens with zero attached hydrogens (tertiary/aromatic N) is 2. The summed E-state index contributed by atoms with van der Waals surface area (Å²) >= 11 is 0. The van der Waals surface area contributed by atoms with Crippen molar-refractivity contribution in [1.82, 2.24) is 10.2 Å². The van der Waals surface area contributed by atoms with Gasteiger partial charge in [-0.1, -0.05) is 0 Å². The number of aliphatic imine (C=N–C) groups is 1. The summed E-state index contributed by atoms with van der Waals surface area (Å²) in [6.07, 6.45) is 8.70. The fraction of sp³-hybridized carbons (Fsp3) is 0.762. The van der Waals surface area contributed by atoms with Gasteiger partial charge in [-0.15, -0.1) is 0 Å². The molecule has 0 bridgehead atoms. The molecule has 6 nitrogen and oxygen atoms in total. The molecule has 1 aromatic rings. The van der Waals surface area contributed by atoms with Gasteiger partial charge in [0.2, 0.25) is 0 Å². The molecule has 3 fully saturated rings. The fourth-order valence-electron chi connectivity index (χ4n) is 4.58. The Balaban J connectivity index is 1.39. The van der Waals surface area contributed by atoms with Crippen LogP contribution in [0.3, 0.4) is 0 Å². The van der Waals surface area contributed by atoms with Gasteiger partial charge in [-0.05, 0) is 44.2 Å². The quantitative estimate of drug-likeness (QED) is 0.633. The number of guanidine groups is 1. The second kappa shape index (κ2) is 9.11. The summed E-state index contributed by atoms with van der Waals surface area (Å²) in [4.78, 5) is 7.47. The molecule has 0 saturated carbocycles. The van der Waals surface area contributed by atoms with E-state index in [1.807, 2.05) is 12.1 Å². The van der Waals surface area contributed by atoms with Gasteiger partial charge in [0.25, 0.3) is 0 Å². The number of hydrogen-bond acceptors (Lipinski definition) is 4. The first kappa shape index (κ1) is 18.8. The average Bonchev–Trinajstić information content (AvgIpc) is 3.39. The van der Waals surface area contributed by atoms with Crippen LogP contribution in [0.2, 0.25) is 0 Å². The second-order valence-electron chi connectivity index (χ2n) is 8.33. The maximum atomic E-state index is 5.85. The summed E-state index contributed by atoms with van der Waals surface area (Å²) in [6.45, 7) is 7.38. The highest BCUT2D eigenvalue weighted by atomic mass is 16.5. The van der Waals surface area contributed by atoms with Gasteiger partial charge in [0.15, 0.2) is 5.96 Å². The number of ether oxygens (including phenoxy) is 2. The molecular weight excluding hydrogens is 342 g/mol. The van der Waals surface area contributed by atoms with E-state index in [1.165, 1.54) is 25.7 Å². The standard InChI is InChI=1S/C21H33N3O3/c1-4-19(27-12-1)5-9-22-20(23-14-18-6-13-25-15-18)24-10-2-7-21(16-24)8-3-11-26-17-21/h1,4,12,18H,2-3,5-11,13-17H2,(H,22,23). The van der Waals surface area contributed by atoms with Crippen molar-refractivity contribution in [2.24, 2.45) is 16.3 Å². The van der Waals surface area contributed by atoms with Gasteiger partial charge in [-0.25, -0.2) is 0 Å². The van der Waals surface area contributed by atoms with Crippen molar-refractivity contribution in [2.45, 2.75) is 38.5 Å². The highest BCUT2D eigenvalue weighted by Gasteiger charge is 2.38. The molecule has 0 aromatic carbocycles. The van der Waals surface area contributed by atoms with Crippen molar-refractivity contribution in [3.63, 3.8) is 0 Å². The highest BCUT2D eigenvalue weighted by Crippen LogP contribution is 2.37. The molecule has 0 aliphatic carbocycles. The Morgan fingerprint density at radius 3 is 3.00 bits per heavy atom. The summed E-state index contributed by atoms with van der Waals surface area (Å²) in [5, 5.41) is 3.61. The summed E-state index contributed by atoms with van der Waals surface area (Å²) in [5.41, 5.74) is 0.316. The van der Waals surface area contributed by atoms with Crippen LogP contribution in [0.4, 0.5) is 0 Å². The van der Waals surface area contributed by atoms with Crippen LogP contribution >= 0.6 is 0 Å². The predicted molar refractivity (Wildman–Crippen MR) is 105 cm³/mol. The maximum absolute atomic E-state index is 5.85. The van der Waals surface area contributed by atoms with Crippen LogP contribution in [0.1, 0.15) is 37.9 Å². The lowest BCUT2D eigenvalue weighted by Crippen LogP contribution is -2.53. The normalized spacial score (nSPS) is 29.4. The number of nitrogens with one attached hydrogen (secondary N) is 1. The average molecular weight is 376 g/mol. The van der Waals surface area contributed by atoms with Crippen LogP contribution in [0.5, 0.6) is 0 Å². The van der Waals surface area contributed by atoms with E-state index in [4.69, 9.17) is 18.9 Å². The van der Waals surface area contributed by atoms with Gasteiger partial charge < -0.3 is 24.1 Å². The molecule has 2 atom stereocenters. The van der Waals surface area contributed by atoms with Crippen LogP contribution in [0.25, 0.3) is 0 Å². The predicted octanol–water partition coefficient (Wildman–Crippen LogP) is 2.70. The molecule has 0 radical (unpaired) electrons. The molecule has 3 saturated heterocycles. The Kier molecular flexibility index (Phi) is 6.35. The van der Waals surface area contributed by atoms with Crippen molar-refractivity contribution in [1.29, 1.82) is 0 Å². The van der Waals surface area contributed by atoms with E-state index in [0.717, 1.165) is 77.2 Å². The number of likely N-dealkylation sites (tertiary alicyclic amines) is 1. The Morgan fingerprint density at radius 1 is 1.26 bits per heavy atom. The van der Waals surface area contributed by atoms with Crippen LogP contribution in [0.15, 0.2) is 27.8 Å². The molecule has 6 heteroatoms. The SMILES string of the molecule is c1coc(CCNC(=NCC2CCOC2)N2CCCC3(CCCOC3)C2)c1. The second-order valence-corrected chi connectivity index (χ2v) is 8.33. The van der Waals surface area contributed by atoms with E-state index in [9.17, 15) is 0 Å². The van der Waals surface area contributed by atoms with Gasteiger partial charge in [-0.3, -0.25) is 4.99 Å². The summed E-state index contributed by atoms with van der Waals surface area (Å²) in [7, 11) is 0. The fourth-order valence-corrected chi connectivity index (χ4v) is 4.58. The van der Waals surface area contributed by atoms with Gasteiger partial charge in [0, 0.05) is 57.1 Å². The highest BCUT2D eigenvalue weighted by molar-refractivity contribution is 5.80. The van der Waals surface area contributed by atoms with Crippen LogP contribution < -0.4 is 5.32 Å². The number of piperidine rings is 1. The lowest BCUT2D eigenvalue weighted by atomic mass is 9.76. The molecule has 1 N–H and O–H groups in total. The molecule has 1 aromatic heterocycles. The van der Waals surface area contributed by atoms with E-state index >= 15 is 0 Å². The molecule has 0 amide bonds. The molecule has 2 unspecified atom stereocenters. The van der Waals surface area contributed by atoms with Gasteiger partial charge in [0.05, 0.1) is 19.5 Å². The third-order valence-electron chi connectivity index (χ3n) is 6.12. The molecule has 150 valence electrons. The Morgan fingerprint density at radius 2 is 2.22 bits per heavy atom. The number of furan rings is 1. The molecule has 27 heavy (non-hydrogen) atoms. The Labute approximate surface area is 162 Å². The van der Waals surface area contributed by atoms with Gasteiger partial charge in [0.1, 0.15) is 5.76 Å². The third-order valence-corrected chi connectivity index (χ3v) is 6.12. The first-order valence-electron chi connectivity index (χ1n) is 10.5. The van der Waals surface area contributed by atoms with Crippen molar-refractivity contribution in [3.8, 4) is 0 Å². The number of rotatable bonds is 5. The molecular formula is C21H33N3O3. The maximum Gasteiger partial charge on any atom is 0.193 e. The summed E-state index contributed by atoms with van der Waals surface area (Å²) in [6, 6.07) is 3.98. The number of hydrogen-bond donors (Lipinski definition) is 1. The molecule has 3 aliphatic rings. The van der Waals surface area contributed by atoms with Crippen molar-refractivity contribution >= 4 is 5.96 Å². The first-order chi connectivity index (χ1) is 13.3. The molecule has 4 heterocycles. The van der Waals surface area contributed by atoms with Crippen molar-refractivity contribution < 1.29 is 13.9 Å². The van der Waals surface area contributed by atoms with Crippen molar-refractivity contribution in [3.05, 3.63) is 24.2 Å². The zero-order chi connectivity index (χ0) is 18.4. The lowest BCUT2D eigenvalue weighted by molar-refractivity contribution is -0.0370. The van der Waals surface area contributed by atoms with Gasteiger partial charge in [-0.2, -0.15) is 0 Å². The van der Waals surface area contributed by atoms with Crippen LogP contribution in [-0.2, 0) is 15.9 Å². The monoisotopic (exact) mass is 375 g/mol. The molecule has 4 rings (SSSR count). The first-order valence-corrected chi connectivity index (χ1v) is 10.5. The van der Waals surface area contributed by atoms with Crippen LogP contribution in [0, 0.1) is 11.3 Å². The Bertz CT molecular complexity index is 584. The smallest absolute Gasteiger partial charge is 0.193 e. The van der Waals surface area contributed by atoms with E-state index < -0.39 is 0 Å². The van der Waals surface area contributed by atoms with Crippen LogP contribution in [-0.4, -0.2) is 63.5 Å². The zero-order valence-electron chi connectivity index (χ0n) is 16.3. The molecule has 1 spiro atoms. The Hall–Kier alpha value is -1.53. The van der Waals surface area contributed by atoms with E-state index in [1.54, 1.807) is 6.26 Å². The minimum absolute atomic E-state index is 0.316. The van der Waals surface area contributed by atoms with E-state index in [-0.39, 0.29) is 0 Å². The largest absolute Gasteiger partial charge is 0.469 e. The minimum Gasteiger partial charge on any atom is -0.469 e. The molecule has 3 aliphatic heterocycles. The van der Waals surface area contributed by atoms with Gasteiger partial charge >= 0.3 is 0 Å². The minimum atomic E-state index is 0.316. The summed E-state index contributed by atoms with van der Waals surface area (Å²) < 4.78 is 16.8. The third kappa shape index (κ3) is 5.05. The van der Waals surface area contributed by atoms with E-state index in [2.05, 4.69) is 10.2 Å². The van der Waals surface area contributed by atoms with E-state index in [0.29, 0.717) is 11.3 Å². The lowest BCUT2D eigenvalue weighted by Gasteiger charge is -2.45. The topological polar surface area (TPSA) is 59.2 Å². The summed E-state index contributed by atoms with van der Waals surface area (Å²) in [5.74, 6) is 2.63. The van der Waals surface area contributed by atoms with Crippen molar-refractivity contribution in [2.75, 3.05) is 52.6 Å².